The third-order valence-electron chi connectivity index (χ3n) is 4.05. The molecule has 0 atom stereocenters. The van der Waals surface area contributed by atoms with Crippen molar-refractivity contribution in [2.45, 2.75) is 25.8 Å². The number of ether oxygens (including phenoxy) is 1. The van der Waals surface area contributed by atoms with Gasteiger partial charge in [0.1, 0.15) is 5.52 Å². The molecule has 3 rings (SSSR count). The SMILES string of the molecule is COCCC1(Cn2c(N)nc3c(F)cccc32)CC1. The smallest absolute Gasteiger partial charge is 0.201 e. The molecule has 1 fully saturated rings. The molecule has 4 nitrogen and oxygen atoms in total. The summed E-state index contributed by atoms with van der Waals surface area (Å²) in [5.41, 5.74) is 7.34. The minimum Gasteiger partial charge on any atom is -0.385 e. The van der Waals surface area contributed by atoms with Gasteiger partial charge in [-0.1, -0.05) is 6.07 Å². The van der Waals surface area contributed by atoms with Crippen molar-refractivity contribution in [2.75, 3.05) is 19.5 Å². The molecule has 2 N–H and O–H groups in total. The zero-order valence-electron chi connectivity index (χ0n) is 11.0. The van der Waals surface area contributed by atoms with Crippen LogP contribution in [0.15, 0.2) is 18.2 Å². The van der Waals surface area contributed by atoms with E-state index in [1.54, 1.807) is 13.2 Å². The molecule has 0 saturated heterocycles. The number of anilines is 1. The number of hydrogen-bond acceptors (Lipinski definition) is 3. The minimum absolute atomic E-state index is 0.254. The molecule has 0 aliphatic heterocycles. The van der Waals surface area contributed by atoms with Crippen molar-refractivity contribution in [3.8, 4) is 0 Å². The number of para-hydroxylation sites is 1. The van der Waals surface area contributed by atoms with E-state index in [9.17, 15) is 4.39 Å². The molecule has 0 spiro atoms. The van der Waals surface area contributed by atoms with Crippen LogP contribution in [0.2, 0.25) is 0 Å². The Balaban J connectivity index is 1.93. The number of nitrogens with zero attached hydrogens (tertiary/aromatic N) is 2. The van der Waals surface area contributed by atoms with E-state index < -0.39 is 0 Å². The number of nitrogen functional groups attached to an aromatic ring is 1. The van der Waals surface area contributed by atoms with Gasteiger partial charge in [-0.2, -0.15) is 0 Å². The first-order chi connectivity index (χ1) is 9.15. The number of imidazole rings is 1. The second-order valence-corrected chi connectivity index (χ2v) is 5.41. The summed E-state index contributed by atoms with van der Waals surface area (Å²) in [6, 6.07) is 4.98. The Morgan fingerprint density at radius 1 is 1.47 bits per heavy atom. The molecule has 0 unspecified atom stereocenters. The van der Waals surface area contributed by atoms with Crippen LogP contribution in [0.3, 0.4) is 0 Å². The molecule has 1 aliphatic carbocycles. The fourth-order valence-corrected chi connectivity index (χ4v) is 2.61. The molecule has 1 saturated carbocycles. The molecule has 0 bridgehead atoms. The van der Waals surface area contributed by atoms with Gasteiger partial charge in [-0.15, -0.1) is 0 Å². The lowest BCUT2D eigenvalue weighted by atomic mass is 10.0. The molecule has 1 aliphatic rings. The number of rotatable bonds is 5. The van der Waals surface area contributed by atoms with Gasteiger partial charge in [0.25, 0.3) is 0 Å². The van der Waals surface area contributed by atoms with Crippen molar-refractivity contribution in [1.82, 2.24) is 9.55 Å². The molecule has 19 heavy (non-hydrogen) atoms. The maximum absolute atomic E-state index is 13.7. The molecule has 5 heteroatoms. The van der Waals surface area contributed by atoms with Crippen molar-refractivity contribution in [2.24, 2.45) is 5.41 Å². The number of aromatic nitrogens is 2. The van der Waals surface area contributed by atoms with Gasteiger partial charge in [0.2, 0.25) is 5.95 Å². The number of benzene rings is 1. The standard InChI is InChI=1S/C14H18FN3O/c1-19-8-7-14(5-6-14)9-18-11-4-2-3-10(15)12(11)17-13(18)16/h2-4H,5-9H2,1H3,(H2,16,17). The van der Waals surface area contributed by atoms with E-state index >= 15 is 0 Å². The first-order valence-electron chi connectivity index (χ1n) is 6.54. The van der Waals surface area contributed by atoms with Crippen molar-refractivity contribution in [1.29, 1.82) is 0 Å². The molecular weight excluding hydrogens is 245 g/mol. The Bertz CT molecular complexity index is 604. The number of hydrogen-bond donors (Lipinski definition) is 1. The summed E-state index contributed by atoms with van der Waals surface area (Å²) in [6.45, 7) is 1.54. The van der Waals surface area contributed by atoms with Gasteiger partial charge in [-0.05, 0) is 36.8 Å². The van der Waals surface area contributed by atoms with E-state index in [0.29, 0.717) is 11.5 Å². The van der Waals surface area contributed by atoms with Gasteiger partial charge in [0.05, 0.1) is 5.52 Å². The molecule has 2 aromatic rings. The monoisotopic (exact) mass is 263 g/mol. The Morgan fingerprint density at radius 3 is 2.95 bits per heavy atom. The van der Waals surface area contributed by atoms with Crippen LogP contribution in [0, 0.1) is 11.2 Å². The van der Waals surface area contributed by atoms with Crippen LogP contribution in [0.4, 0.5) is 10.3 Å². The first kappa shape index (κ1) is 12.4. The normalized spacial score (nSPS) is 16.9. The summed E-state index contributed by atoms with van der Waals surface area (Å²) in [7, 11) is 1.71. The Hall–Kier alpha value is -1.62. The zero-order chi connectivity index (χ0) is 13.5. The average Bonchev–Trinajstić information content (AvgIpc) is 3.09. The minimum atomic E-state index is -0.315. The van der Waals surface area contributed by atoms with Crippen LogP contribution in [0.5, 0.6) is 0 Å². The fourth-order valence-electron chi connectivity index (χ4n) is 2.61. The van der Waals surface area contributed by atoms with Crippen molar-refractivity contribution in [3.63, 3.8) is 0 Å². The second kappa shape index (κ2) is 4.49. The van der Waals surface area contributed by atoms with Crippen LogP contribution < -0.4 is 5.73 Å². The maximum Gasteiger partial charge on any atom is 0.201 e. The van der Waals surface area contributed by atoms with Crippen molar-refractivity contribution >= 4 is 17.0 Å². The predicted molar refractivity (Wildman–Crippen MR) is 72.3 cm³/mol. The van der Waals surface area contributed by atoms with Gasteiger partial charge in [0.15, 0.2) is 5.82 Å². The van der Waals surface area contributed by atoms with Gasteiger partial charge < -0.3 is 15.0 Å². The Morgan fingerprint density at radius 2 is 2.26 bits per heavy atom. The lowest BCUT2D eigenvalue weighted by molar-refractivity contribution is 0.167. The highest BCUT2D eigenvalue weighted by Crippen LogP contribution is 2.50. The highest BCUT2D eigenvalue weighted by molar-refractivity contribution is 5.78. The predicted octanol–water partition coefficient (Wildman–Crippen LogP) is 2.57. The van der Waals surface area contributed by atoms with Crippen LogP contribution in [0.25, 0.3) is 11.0 Å². The number of methoxy groups -OCH3 is 1. The largest absolute Gasteiger partial charge is 0.385 e. The maximum atomic E-state index is 13.7. The summed E-state index contributed by atoms with van der Waals surface area (Å²) < 4.78 is 20.8. The van der Waals surface area contributed by atoms with E-state index in [1.807, 2.05) is 10.6 Å². The molecule has 1 aromatic heterocycles. The van der Waals surface area contributed by atoms with E-state index in [-0.39, 0.29) is 11.2 Å². The van der Waals surface area contributed by atoms with E-state index in [0.717, 1.165) is 25.1 Å². The third-order valence-corrected chi connectivity index (χ3v) is 4.05. The van der Waals surface area contributed by atoms with Crippen LogP contribution in [0.1, 0.15) is 19.3 Å². The lowest BCUT2D eigenvalue weighted by Gasteiger charge is -2.16. The average molecular weight is 263 g/mol. The highest BCUT2D eigenvalue weighted by atomic mass is 19.1. The summed E-state index contributed by atoms with van der Waals surface area (Å²) >= 11 is 0. The van der Waals surface area contributed by atoms with E-state index in [1.165, 1.54) is 18.9 Å². The number of nitrogens with two attached hydrogens (primary N) is 1. The van der Waals surface area contributed by atoms with E-state index in [2.05, 4.69) is 4.98 Å². The summed E-state index contributed by atoms with van der Waals surface area (Å²) in [5, 5.41) is 0. The van der Waals surface area contributed by atoms with Gasteiger partial charge >= 0.3 is 0 Å². The molecule has 1 heterocycles. The van der Waals surface area contributed by atoms with Crippen molar-refractivity contribution < 1.29 is 9.13 Å². The van der Waals surface area contributed by atoms with Crippen LogP contribution >= 0.6 is 0 Å². The van der Waals surface area contributed by atoms with Gasteiger partial charge in [-0.25, -0.2) is 9.37 Å². The summed E-state index contributed by atoms with van der Waals surface area (Å²) in [5.74, 6) is 0.0773. The van der Waals surface area contributed by atoms with Gasteiger partial charge in [-0.3, -0.25) is 0 Å². The van der Waals surface area contributed by atoms with Crippen molar-refractivity contribution in [3.05, 3.63) is 24.0 Å². The van der Waals surface area contributed by atoms with Crippen LogP contribution in [-0.4, -0.2) is 23.3 Å². The quantitative estimate of drug-likeness (QED) is 0.902. The second-order valence-electron chi connectivity index (χ2n) is 5.41. The molecule has 102 valence electrons. The summed E-state index contributed by atoms with van der Waals surface area (Å²) in [6.07, 6.45) is 3.35. The fraction of sp³-hybridized carbons (Fsp3) is 0.500. The topological polar surface area (TPSA) is 53.1 Å². The molecule has 0 radical (unpaired) electrons. The summed E-state index contributed by atoms with van der Waals surface area (Å²) in [4.78, 5) is 4.14. The number of halogens is 1. The Labute approximate surface area is 111 Å². The van der Waals surface area contributed by atoms with E-state index in [4.69, 9.17) is 10.5 Å². The molecule has 1 aromatic carbocycles. The van der Waals surface area contributed by atoms with Crippen LogP contribution in [-0.2, 0) is 11.3 Å². The lowest BCUT2D eigenvalue weighted by Crippen LogP contribution is -2.15. The zero-order valence-corrected chi connectivity index (χ0v) is 11.0. The molecule has 0 amide bonds. The highest BCUT2D eigenvalue weighted by Gasteiger charge is 2.42. The van der Waals surface area contributed by atoms with Gasteiger partial charge in [0, 0.05) is 20.3 Å². The first-order valence-corrected chi connectivity index (χ1v) is 6.54. The Kier molecular flexibility index (Phi) is 2.93. The number of fused-ring (bicyclic) bond motifs is 1. The molecular formula is C14H18FN3O. The third kappa shape index (κ3) is 2.18.